The van der Waals surface area contributed by atoms with E-state index in [9.17, 15) is 27.9 Å². The van der Waals surface area contributed by atoms with Crippen molar-refractivity contribution in [2.45, 2.75) is 20.0 Å². The van der Waals surface area contributed by atoms with Gasteiger partial charge in [0.2, 0.25) is 0 Å². The van der Waals surface area contributed by atoms with Crippen LogP contribution in [-0.4, -0.2) is 23.0 Å². The molecule has 0 aliphatic rings. The Morgan fingerprint density at radius 3 is 2.28 bits per heavy atom. The van der Waals surface area contributed by atoms with Crippen LogP contribution in [0.5, 0.6) is 11.5 Å². The van der Waals surface area contributed by atoms with Gasteiger partial charge in [-0.25, -0.2) is 0 Å². The number of benzene rings is 1. The van der Waals surface area contributed by atoms with Crippen LogP contribution >= 0.6 is 0 Å². The lowest BCUT2D eigenvalue weighted by Gasteiger charge is -2.13. The normalized spacial score (nSPS) is 11.2. The number of carbonyl (C=O) groups excluding carboxylic acids is 2. The maximum atomic E-state index is 12.3. The first-order valence-electron chi connectivity index (χ1n) is 4.77. The van der Waals surface area contributed by atoms with E-state index in [-0.39, 0.29) is 11.3 Å². The summed E-state index contributed by atoms with van der Waals surface area (Å²) in [6, 6.07) is 1.69. The van der Waals surface area contributed by atoms with Gasteiger partial charge in [0.15, 0.2) is 0 Å². The summed E-state index contributed by atoms with van der Waals surface area (Å²) in [6.45, 7) is 2.21. The van der Waals surface area contributed by atoms with Crippen LogP contribution in [0.25, 0.3) is 0 Å². The molecule has 98 valence electrons. The fourth-order valence-corrected chi connectivity index (χ4v) is 1.29. The van der Waals surface area contributed by atoms with Crippen LogP contribution in [0.2, 0.25) is 0 Å². The van der Waals surface area contributed by atoms with Gasteiger partial charge in [-0.1, -0.05) is 0 Å². The van der Waals surface area contributed by atoms with Crippen molar-refractivity contribution in [3.05, 3.63) is 23.3 Å². The van der Waals surface area contributed by atoms with E-state index < -0.39 is 29.2 Å². The average molecular weight is 262 g/mol. The molecular weight excluding hydrogens is 253 g/mol. The lowest BCUT2D eigenvalue weighted by atomic mass is 10.0. The Morgan fingerprint density at radius 2 is 1.83 bits per heavy atom. The molecule has 0 saturated heterocycles. The Bertz CT molecular complexity index is 506. The van der Waals surface area contributed by atoms with Crippen molar-refractivity contribution >= 4 is 11.8 Å². The van der Waals surface area contributed by atoms with E-state index in [0.29, 0.717) is 0 Å². The zero-order chi connectivity index (χ0) is 14.1. The average Bonchev–Trinajstić information content (AvgIpc) is 2.22. The van der Waals surface area contributed by atoms with Crippen LogP contribution in [0.15, 0.2) is 12.1 Å². The zero-order valence-electron chi connectivity index (χ0n) is 9.46. The van der Waals surface area contributed by atoms with Crippen molar-refractivity contribution in [1.29, 1.82) is 0 Å². The molecule has 1 N–H and O–H groups in total. The molecule has 0 saturated carbocycles. The summed E-state index contributed by atoms with van der Waals surface area (Å²) >= 11 is 0. The van der Waals surface area contributed by atoms with Crippen molar-refractivity contribution in [1.82, 2.24) is 0 Å². The molecule has 1 aromatic rings. The van der Waals surface area contributed by atoms with Crippen LogP contribution in [-0.2, 0) is 4.79 Å². The van der Waals surface area contributed by atoms with Crippen LogP contribution < -0.4 is 4.74 Å². The fourth-order valence-electron chi connectivity index (χ4n) is 1.29. The number of halogens is 3. The molecular formula is C11H9F3O4. The minimum absolute atomic E-state index is 0.111. The van der Waals surface area contributed by atoms with E-state index in [1.807, 2.05) is 0 Å². The number of rotatable bonds is 2. The van der Waals surface area contributed by atoms with E-state index >= 15 is 0 Å². The number of hydrogen-bond donors (Lipinski definition) is 1. The molecule has 0 spiro atoms. The monoisotopic (exact) mass is 262 g/mol. The molecule has 0 fully saturated rings. The SMILES string of the molecule is CC(=O)Oc1c(C(=O)C(F)(F)F)ccc(O)c1C. The van der Waals surface area contributed by atoms with Crippen LogP contribution in [0.1, 0.15) is 22.8 Å². The number of alkyl halides is 3. The highest BCUT2D eigenvalue weighted by Crippen LogP contribution is 2.34. The summed E-state index contributed by atoms with van der Waals surface area (Å²) in [5, 5.41) is 9.34. The summed E-state index contributed by atoms with van der Waals surface area (Å²) in [5.74, 6) is -3.98. The molecule has 1 aromatic carbocycles. The third-order valence-corrected chi connectivity index (χ3v) is 2.13. The number of esters is 1. The standard InChI is InChI=1S/C11H9F3O4/c1-5-8(16)4-3-7(9(5)18-6(2)15)10(17)11(12,13)14/h3-4,16H,1-2H3. The van der Waals surface area contributed by atoms with Gasteiger partial charge < -0.3 is 9.84 Å². The zero-order valence-corrected chi connectivity index (χ0v) is 9.46. The van der Waals surface area contributed by atoms with Gasteiger partial charge in [0.25, 0.3) is 5.78 Å². The van der Waals surface area contributed by atoms with E-state index in [0.717, 1.165) is 19.1 Å². The number of carbonyl (C=O) groups is 2. The van der Waals surface area contributed by atoms with E-state index in [4.69, 9.17) is 0 Å². The second kappa shape index (κ2) is 4.67. The van der Waals surface area contributed by atoms with E-state index in [1.165, 1.54) is 6.92 Å². The Labute approximate surface area is 100.0 Å². The molecule has 0 amide bonds. The first-order valence-corrected chi connectivity index (χ1v) is 4.77. The summed E-state index contributed by atoms with van der Waals surface area (Å²) in [4.78, 5) is 21.9. The van der Waals surface area contributed by atoms with Gasteiger partial charge in [-0.3, -0.25) is 9.59 Å². The van der Waals surface area contributed by atoms with Crippen LogP contribution in [0.3, 0.4) is 0 Å². The number of phenols is 1. The van der Waals surface area contributed by atoms with E-state index in [2.05, 4.69) is 4.74 Å². The lowest BCUT2D eigenvalue weighted by molar-refractivity contribution is -0.132. The molecule has 0 heterocycles. The van der Waals surface area contributed by atoms with Crippen molar-refractivity contribution in [3.63, 3.8) is 0 Å². The van der Waals surface area contributed by atoms with Crippen molar-refractivity contribution < 1.29 is 32.6 Å². The number of Topliss-reactive ketones (excluding diaryl/α,β-unsaturated/α-hetero) is 1. The number of ketones is 1. The third-order valence-electron chi connectivity index (χ3n) is 2.13. The minimum Gasteiger partial charge on any atom is -0.508 e. The van der Waals surface area contributed by atoms with Gasteiger partial charge in [0.1, 0.15) is 11.5 Å². The largest absolute Gasteiger partial charge is 0.508 e. The van der Waals surface area contributed by atoms with Crippen molar-refractivity contribution in [2.24, 2.45) is 0 Å². The van der Waals surface area contributed by atoms with Crippen LogP contribution in [0.4, 0.5) is 13.2 Å². The summed E-state index contributed by atoms with van der Waals surface area (Å²) in [5.41, 5.74) is -0.923. The van der Waals surface area contributed by atoms with Gasteiger partial charge in [0, 0.05) is 12.5 Å². The second-order valence-corrected chi connectivity index (χ2v) is 3.51. The molecule has 0 atom stereocenters. The highest BCUT2D eigenvalue weighted by atomic mass is 19.4. The molecule has 0 radical (unpaired) electrons. The number of phenolic OH excluding ortho intramolecular Hbond substituents is 1. The van der Waals surface area contributed by atoms with Gasteiger partial charge in [0.05, 0.1) is 5.56 Å². The Kier molecular flexibility index (Phi) is 3.64. The van der Waals surface area contributed by atoms with Crippen LogP contribution in [0, 0.1) is 6.92 Å². The van der Waals surface area contributed by atoms with Gasteiger partial charge in [-0.15, -0.1) is 0 Å². The van der Waals surface area contributed by atoms with Gasteiger partial charge >= 0.3 is 12.1 Å². The number of hydrogen-bond acceptors (Lipinski definition) is 4. The molecule has 4 nitrogen and oxygen atoms in total. The topological polar surface area (TPSA) is 63.6 Å². The molecule has 0 bridgehead atoms. The highest BCUT2D eigenvalue weighted by Gasteiger charge is 2.41. The molecule has 0 aliphatic carbocycles. The lowest BCUT2D eigenvalue weighted by Crippen LogP contribution is -2.24. The predicted molar refractivity (Wildman–Crippen MR) is 54.5 cm³/mol. The number of ether oxygens (including phenoxy) is 1. The Balaban J connectivity index is 3.40. The second-order valence-electron chi connectivity index (χ2n) is 3.51. The summed E-state index contributed by atoms with van der Waals surface area (Å²) in [6.07, 6.45) is -5.09. The first kappa shape index (κ1) is 14.0. The highest BCUT2D eigenvalue weighted by molar-refractivity contribution is 6.03. The Hall–Kier alpha value is -2.05. The molecule has 0 unspecified atom stereocenters. The fraction of sp³-hybridized carbons (Fsp3) is 0.273. The molecule has 0 aromatic heterocycles. The molecule has 0 aliphatic heterocycles. The van der Waals surface area contributed by atoms with Gasteiger partial charge in [-0.2, -0.15) is 13.2 Å². The third kappa shape index (κ3) is 2.79. The minimum atomic E-state index is -5.09. The molecule has 7 heteroatoms. The molecule has 1 rings (SSSR count). The molecule has 18 heavy (non-hydrogen) atoms. The first-order chi connectivity index (χ1) is 8.14. The Morgan fingerprint density at radius 1 is 1.28 bits per heavy atom. The van der Waals surface area contributed by atoms with Crippen molar-refractivity contribution in [2.75, 3.05) is 0 Å². The summed E-state index contributed by atoms with van der Waals surface area (Å²) < 4.78 is 41.5. The predicted octanol–water partition coefficient (Wildman–Crippen LogP) is 2.37. The number of aromatic hydroxyl groups is 1. The summed E-state index contributed by atoms with van der Waals surface area (Å²) in [7, 11) is 0. The van der Waals surface area contributed by atoms with Crippen molar-refractivity contribution in [3.8, 4) is 11.5 Å². The maximum absolute atomic E-state index is 12.3. The van der Waals surface area contributed by atoms with E-state index in [1.54, 1.807) is 0 Å². The smallest absolute Gasteiger partial charge is 0.455 e. The maximum Gasteiger partial charge on any atom is 0.455 e. The quantitative estimate of drug-likeness (QED) is 0.505. The van der Waals surface area contributed by atoms with Gasteiger partial charge in [-0.05, 0) is 19.1 Å².